The van der Waals surface area contributed by atoms with Gasteiger partial charge in [0.2, 0.25) is 5.91 Å². The van der Waals surface area contributed by atoms with Crippen LogP contribution < -0.4 is 15.4 Å². The molecule has 0 heterocycles. The summed E-state index contributed by atoms with van der Waals surface area (Å²) >= 11 is 6.00. The van der Waals surface area contributed by atoms with Crippen molar-refractivity contribution in [2.45, 2.75) is 39.2 Å². The van der Waals surface area contributed by atoms with Crippen LogP contribution in [-0.4, -0.2) is 31.0 Å². The molecule has 0 aliphatic heterocycles. The second-order valence-corrected chi connectivity index (χ2v) is 8.00. The van der Waals surface area contributed by atoms with E-state index < -0.39 is 6.04 Å². The smallest absolute Gasteiger partial charge is 0.253 e. The lowest BCUT2D eigenvalue weighted by molar-refractivity contribution is -0.122. The Kier molecular flexibility index (Phi) is 7.46. The Morgan fingerprint density at radius 1 is 1.07 bits per heavy atom. The lowest BCUT2D eigenvalue weighted by atomic mass is 9.87. The predicted molar refractivity (Wildman–Crippen MR) is 112 cm³/mol. The maximum atomic E-state index is 12.2. The summed E-state index contributed by atoms with van der Waals surface area (Å²) < 4.78 is 5.65. The highest BCUT2D eigenvalue weighted by molar-refractivity contribution is 6.33. The Morgan fingerprint density at radius 2 is 1.71 bits per heavy atom. The first-order chi connectivity index (χ1) is 13.2. The topological polar surface area (TPSA) is 67.4 Å². The van der Waals surface area contributed by atoms with Crippen molar-refractivity contribution in [3.05, 3.63) is 64.7 Å². The number of nitrogens with one attached hydrogen (secondary N) is 2. The molecule has 2 rings (SSSR count). The molecule has 0 spiro atoms. The van der Waals surface area contributed by atoms with E-state index in [0.717, 1.165) is 5.75 Å². The highest BCUT2D eigenvalue weighted by Gasteiger charge is 2.18. The molecule has 2 amide bonds. The average molecular weight is 403 g/mol. The lowest BCUT2D eigenvalue weighted by Gasteiger charge is -2.19. The predicted octanol–water partition coefficient (Wildman–Crippen LogP) is 3.95. The number of carbonyl (C=O) groups is 2. The molecular formula is C22H27ClN2O3. The first-order valence-corrected chi connectivity index (χ1v) is 9.62. The average Bonchev–Trinajstić information content (AvgIpc) is 2.65. The van der Waals surface area contributed by atoms with Crippen molar-refractivity contribution in [2.24, 2.45) is 0 Å². The third-order valence-corrected chi connectivity index (χ3v) is 4.58. The van der Waals surface area contributed by atoms with Gasteiger partial charge in [0.15, 0.2) is 0 Å². The lowest BCUT2D eigenvalue weighted by Crippen LogP contribution is -2.45. The van der Waals surface area contributed by atoms with Crippen LogP contribution in [0.4, 0.5) is 0 Å². The number of rotatable bonds is 7. The molecule has 0 radical (unpaired) electrons. The number of hydrogen-bond donors (Lipinski definition) is 2. The third kappa shape index (κ3) is 6.27. The molecule has 5 nitrogen and oxygen atoms in total. The van der Waals surface area contributed by atoms with Crippen molar-refractivity contribution in [3.8, 4) is 5.75 Å². The van der Waals surface area contributed by atoms with Crippen LogP contribution >= 0.6 is 11.6 Å². The van der Waals surface area contributed by atoms with Crippen LogP contribution in [0.1, 0.15) is 43.6 Å². The van der Waals surface area contributed by atoms with Gasteiger partial charge in [-0.2, -0.15) is 0 Å². The van der Waals surface area contributed by atoms with E-state index in [1.165, 1.54) is 5.56 Å². The van der Waals surface area contributed by atoms with Gasteiger partial charge in [-0.25, -0.2) is 0 Å². The minimum absolute atomic E-state index is 0.0943. The maximum Gasteiger partial charge on any atom is 0.253 e. The largest absolute Gasteiger partial charge is 0.492 e. The fourth-order valence-electron chi connectivity index (χ4n) is 2.53. The van der Waals surface area contributed by atoms with Crippen LogP contribution in [0.3, 0.4) is 0 Å². The van der Waals surface area contributed by atoms with Gasteiger partial charge in [0.1, 0.15) is 18.4 Å². The van der Waals surface area contributed by atoms with Crippen LogP contribution in [0.25, 0.3) is 0 Å². The Morgan fingerprint density at radius 3 is 2.32 bits per heavy atom. The molecule has 0 unspecified atom stereocenters. The van der Waals surface area contributed by atoms with Crippen LogP contribution in [0.2, 0.25) is 5.02 Å². The molecule has 0 aliphatic carbocycles. The molecule has 150 valence electrons. The molecule has 0 saturated heterocycles. The number of amides is 2. The van der Waals surface area contributed by atoms with Crippen molar-refractivity contribution in [2.75, 3.05) is 13.2 Å². The summed E-state index contributed by atoms with van der Waals surface area (Å²) in [5.41, 5.74) is 1.67. The summed E-state index contributed by atoms with van der Waals surface area (Å²) in [7, 11) is 0. The number of halogens is 1. The monoisotopic (exact) mass is 402 g/mol. The first-order valence-electron chi connectivity index (χ1n) is 9.25. The minimum atomic E-state index is -0.685. The molecule has 0 aliphatic rings. The molecule has 1 atom stereocenters. The Hall–Kier alpha value is -2.53. The minimum Gasteiger partial charge on any atom is -0.492 e. The van der Waals surface area contributed by atoms with Gasteiger partial charge < -0.3 is 15.4 Å². The van der Waals surface area contributed by atoms with E-state index in [0.29, 0.717) is 23.7 Å². The maximum absolute atomic E-state index is 12.2. The fraction of sp³-hybridized carbons (Fsp3) is 0.364. The van der Waals surface area contributed by atoms with E-state index in [1.54, 1.807) is 31.2 Å². The highest BCUT2D eigenvalue weighted by Crippen LogP contribution is 2.24. The van der Waals surface area contributed by atoms with Crippen molar-refractivity contribution in [3.63, 3.8) is 0 Å². The van der Waals surface area contributed by atoms with Crippen LogP contribution in [0, 0.1) is 0 Å². The second-order valence-electron chi connectivity index (χ2n) is 7.59. The van der Waals surface area contributed by atoms with E-state index in [-0.39, 0.29) is 17.2 Å². The van der Waals surface area contributed by atoms with Gasteiger partial charge in [0.25, 0.3) is 5.91 Å². The quantitative estimate of drug-likeness (QED) is 0.689. The second kappa shape index (κ2) is 9.60. The van der Waals surface area contributed by atoms with Crippen LogP contribution in [0.5, 0.6) is 5.75 Å². The Labute approximate surface area is 171 Å². The van der Waals surface area contributed by atoms with Crippen LogP contribution in [-0.2, 0) is 10.2 Å². The normalized spacial score (nSPS) is 12.2. The number of hydrogen-bond acceptors (Lipinski definition) is 3. The van der Waals surface area contributed by atoms with Gasteiger partial charge in [-0.15, -0.1) is 0 Å². The highest BCUT2D eigenvalue weighted by atomic mass is 35.5. The van der Waals surface area contributed by atoms with Gasteiger partial charge in [-0.1, -0.05) is 56.6 Å². The van der Waals surface area contributed by atoms with Gasteiger partial charge in [0, 0.05) is 0 Å². The van der Waals surface area contributed by atoms with Gasteiger partial charge in [-0.3, -0.25) is 9.59 Å². The van der Waals surface area contributed by atoms with Crippen LogP contribution in [0.15, 0.2) is 48.5 Å². The fourth-order valence-corrected chi connectivity index (χ4v) is 2.75. The summed E-state index contributed by atoms with van der Waals surface area (Å²) in [6, 6.07) is 14.0. The zero-order chi connectivity index (χ0) is 20.7. The van der Waals surface area contributed by atoms with E-state index in [2.05, 4.69) is 31.4 Å². The molecule has 2 aromatic rings. The standard InChI is InChI=1S/C22H27ClN2O3/c1-15(25-21(27)18-7-5-6-8-19(18)23)20(26)24-13-14-28-17-11-9-16(10-12-17)22(2,3)4/h5-12,15H,13-14H2,1-4H3,(H,24,26)(H,25,27)/t15-/m0/s1. The van der Waals surface area contributed by atoms with Gasteiger partial charge >= 0.3 is 0 Å². The summed E-state index contributed by atoms with van der Waals surface area (Å²) in [5, 5.41) is 5.73. The van der Waals surface area contributed by atoms with E-state index in [1.807, 2.05) is 24.3 Å². The number of ether oxygens (including phenoxy) is 1. The van der Waals surface area contributed by atoms with Gasteiger partial charge in [-0.05, 0) is 42.2 Å². The summed E-state index contributed by atoms with van der Waals surface area (Å²) in [4.78, 5) is 24.3. The van der Waals surface area contributed by atoms with E-state index >= 15 is 0 Å². The van der Waals surface area contributed by atoms with Crippen molar-refractivity contribution < 1.29 is 14.3 Å². The Balaban J connectivity index is 1.74. The summed E-state index contributed by atoms with van der Waals surface area (Å²) in [6.45, 7) is 8.77. The summed E-state index contributed by atoms with van der Waals surface area (Å²) in [5.74, 6) is 0.0813. The molecule has 2 N–H and O–H groups in total. The molecule has 0 saturated carbocycles. The van der Waals surface area contributed by atoms with Crippen molar-refractivity contribution >= 4 is 23.4 Å². The van der Waals surface area contributed by atoms with Gasteiger partial charge in [0.05, 0.1) is 17.1 Å². The molecular weight excluding hydrogens is 376 g/mol. The zero-order valence-electron chi connectivity index (χ0n) is 16.7. The SMILES string of the molecule is C[C@H](NC(=O)c1ccccc1Cl)C(=O)NCCOc1ccc(C(C)(C)C)cc1. The summed E-state index contributed by atoms with van der Waals surface area (Å²) in [6.07, 6.45) is 0. The number of carbonyl (C=O) groups excluding carboxylic acids is 2. The molecule has 0 fully saturated rings. The molecule has 2 aromatic carbocycles. The zero-order valence-corrected chi connectivity index (χ0v) is 17.5. The molecule has 0 aromatic heterocycles. The molecule has 6 heteroatoms. The third-order valence-electron chi connectivity index (χ3n) is 4.25. The Bertz CT molecular complexity index is 813. The van der Waals surface area contributed by atoms with Crippen molar-refractivity contribution in [1.82, 2.24) is 10.6 Å². The number of benzene rings is 2. The first kappa shape index (κ1) is 21.8. The molecule has 28 heavy (non-hydrogen) atoms. The van der Waals surface area contributed by atoms with Crippen molar-refractivity contribution in [1.29, 1.82) is 0 Å². The van der Waals surface area contributed by atoms with E-state index in [9.17, 15) is 9.59 Å². The van der Waals surface area contributed by atoms with E-state index in [4.69, 9.17) is 16.3 Å². The molecule has 0 bridgehead atoms.